The number of rotatable bonds is 4. The van der Waals surface area contributed by atoms with E-state index in [0.29, 0.717) is 28.8 Å². The Morgan fingerprint density at radius 1 is 1.21 bits per heavy atom. The molecular formula is C21H25BrN2O3S. The lowest BCUT2D eigenvalue weighted by atomic mass is 10.1. The van der Waals surface area contributed by atoms with Crippen molar-refractivity contribution in [2.75, 3.05) is 15.7 Å². The van der Waals surface area contributed by atoms with Crippen molar-refractivity contribution in [3.8, 4) is 0 Å². The van der Waals surface area contributed by atoms with Crippen molar-refractivity contribution >= 4 is 43.2 Å². The van der Waals surface area contributed by atoms with Crippen molar-refractivity contribution < 1.29 is 13.2 Å². The van der Waals surface area contributed by atoms with Crippen LogP contribution in [0.4, 0.5) is 11.4 Å². The Morgan fingerprint density at radius 3 is 2.46 bits per heavy atom. The molecule has 0 saturated heterocycles. The molecule has 1 heterocycles. The molecule has 3 rings (SSSR count). The normalized spacial score (nSPS) is 16.2. The van der Waals surface area contributed by atoms with Crippen molar-refractivity contribution in [1.82, 2.24) is 0 Å². The maximum atomic E-state index is 13.7. The van der Waals surface area contributed by atoms with Crippen LogP contribution in [0.2, 0.25) is 0 Å². The zero-order valence-corrected chi connectivity index (χ0v) is 19.2. The van der Waals surface area contributed by atoms with Gasteiger partial charge in [-0.2, -0.15) is 0 Å². The molecule has 0 bridgehead atoms. The van der Waals surface area contributed by atoms with Gasteiger partial charge in [-0.05, 0) is 75.1 Å². The Kier molecular flexibility index (Phi) is 5.60. The average molecular weight is 465 g/mol. The van der Waals surface area contributed by atoms with E-state index >= 15 is 0 Å². The van der Waals surface area contributed by atoms with Gasteiger partial charge in [-0.3, -0.25) is 9.10 Å². The first-order valence-corrected chi connectivity index (χ1v) is 11.5. The van der Waals surface area contributed by atoms with Crippen LogP contribution in [0, 0.1) is 13.8 Å². The maximum Gasteiger partial charge on any atom is 0.266 e. The highest BCUT2D eigenvalue weighted by molar-refractivity contribution is 9.10. The van der Waals surface area contributed by atoms with Gasteiger partial charge in [0.1, 0.15) is 4.90 Å². The van der Waals surface area contributed by atoms with Crippen LogP contribution in [0.5, 0.6) is 0 Å². The molecule has 7 heteroatoms. The van der Waals surface area contributed by atoms with Gasteiger partial charge in [-0.15, -0.1) is 0 Å². The minimum absolute atomic E-state index is 0.0764. The highest BCUT2D eigenvalue weighted by Gasteiger charge is 2.37. The summed E-state index contributed by atoms with van der Waals surface area (Å²) in [7, 11) is -3.86. The topological polar surface area (TPSA) is 57.7 Å². The fourth-order valence-corrected chi connectivity index (χ4v) is 6.22. The van der Waals surface area contributed by atoms with Gasteiger partial charge < -0.3 is 4.90 Å². The third kappa shape index (κ3) is 3.46. The lowest BCUT2D eigenvalue weighted by molar-refractivity contribution is -0.116. The van der Waals surface area contributed by atoms with E-state index in [4.69, 9.17) is 0 Å². The minimum atomic E-state index is -3.86. The first-order chi connectivity index (χ1) is 13.1. The predicted molar refractivity (Wildman–Crippen MR) is 117 cm³/mol. The molecule has 0 saturated carbocycles. The number of amides is 1. The second-order valence-corrected chi connectivity index (χ2v) is 10.0. The smallest absolute Gasteiger partial charge is 0.266 e. The Bertz CT molecular complexity index is 1050. The van der Waals surface area contributed by atoms with Crippen LogP contribution in [0.15, 0.2) is 39.7 Å². The molecular weight excluding hydrogens is 440 g/mol. The molecule has 2 aromatic carbocycles. The summed E-state index contributed by atoms with van der Waals surface area (Å²) < 4.78 is 29.5. The monoisotopic (exact) mass is 464 g/mol. The lowest BCUT2D eigenvalue weighted by Gasteiger charge is -2.28. The third-order valence-corrected chi connectivity index (χ3v) is 7.66. The van der Waals surface area contributed by atoms with E-state index in [0.717, 1.165) is 16.7 Å². The molecule has 2 aromatic rings. The fraction of sp³-hybridized carbons (Fsp3) is 0.381. The highest BCUT2D eigenvalue weighted by Crippen LogP contribution is 2.41. The number of carbonyl (C=O) groups excluding carboxylic acids is 1. The van der Waals surface area contributed by atoms with Crippen molar-refractivity contribution in [3.63, 3.8) is 0 Å². The molecule has 28 heavy (non-hydrogen) atoms. The fourth-order valence-electron chi connectivity index (χ4n) is 3.84. The van der Waals surface area contributed by atoms with E-state index < -0.39 is 10.0 Å². The Labute approximate surface area is 175 Å². The number of carbonyl (C=O) groups is 1. The molecule has 0 aliphatic carbocycles. The number of anilines is 2. The highest BCUT2D eigenvalue weighted by atomic mass is 79.9. The van der Waals surface area contributed by atoms with Crippen molar-refractivity contribution in [2.45, 2.75) is 52.0 Å². The molecule has 0 radical (unpaired) electrons. The van der Waals surface area contributed by atoms with E-state index in [1.165, 1.54) is 11.2 Å². The van der Waals surface area contributed by atoms with Gasteiger partial charge in [0.2, 0.25) is 5.91 Å². The number of nitrogens with zero attached hydrogens (tertiary/aromatic N) is 2. The van der Waals surface area contributed by atoms with Gasteiger partial charge in [0.05, 0.1) is 11.4 Å². The van der Waals surface area contributed by atoms with E-state index in [1.54, 1.807) is 11.0 Å². The van der Waals surface area contributed by atoms with Gasteiger partial charge in [-0.25, -0.2) is 8.42 Å². The molecule has 0 spiro atoms. The summed E-state index contributed by atoms with van der Waals surface area (Å²) in [5.74, 6) is -0.153. The second kappa shape index (κ2) is 7.52. The summed E-state index contributed by atoms with van der Waals surface area (Å²) in [6.45, 7) is 9.49. The van der Waals surface area contributed by atoms with Crippen molar-refractivity contribution in [2.24, 2.45) is 0 Å². The quantitative estimate of drug-likeness (QED) is 0.665. The van der Waals surface area contributed by atoms with Gasteiger partial charge in [0, 0.05) is 24.0 Å². The van der Waals surface area contributed by atoms with Crippen LogP contribution in [0.1, 0.15) is 37.5 Å². The van der Waals surface area contributed by atoms with Gasteiger partial charge in [0.15, 0.2) is 0 Å². The van der Waals surface area contributed by atoms with Crippen LogP contribution in [0.3, 0.4) is 0 Å². The summed E-state index contributed by atoms with van der Waals surface area (Å²) in [6, 6.07) is 9.07. The largest absolute Gasteiger partial charge is 0.308 e. The molecule has 1 amide bonds. The molecule has 0 fully saturated rings. The number of sulfonamides is 1. The number of aryl methyl sites for hydroxylation is 2. The molecule has 0 unspecified atom stereocenters. The van der Waals surface area contributed by atoms with Crippen molar-refractivity contribution in [3.05, 3.63) is 51.5 Å². The van der Waals surface area contributed by atoms with Crippen LogP contribution in [-0.2, 0) is 21.2 Å². The summed E-state index contributed by atoms with van der Waals surface area (Å²) in [6.07, 6.45) is 0.632. The average Bonchev–Trinajstić information content (AvgIpc) is 2.93. The maximum absolute atomic E-state index is 13.7. The van der Waals surface area contributed by atoms with Crippen LogP contribution >= 0.6 is 15.9 Å². The van der Waals surface area contributed by atoms with Gasteiger partial charge in [-0.1, -0.05) is 22.0 Å². The van der Waals surface area contributed by atoms with E-state index in [-0.39, 0.29) is 16.8 Å². The number of hydrogen-bond donors (Lipinski definition) is 0. The summed E-state index contributed by atoms with van der Waals surface area (Å²) in [5, 5.41) is 0. The SMILES string of the molecule is CCN(c1ccc(C)c(C)c1)S(=O)(=O)c1cc(Br)cc2c1N(C(C)=O)[C@H](C)C2. The first kappa shape index (κ1) is 20.9. The predicted octanol–water partition coefficient (Wildman–Crippen LogP) is 4.58. The Balaban J connectivity index is 2.22. The molecule has 0 aromatic heterocycles. The van der Waals surface area contributed by atoms with Crippen LogP contribution in [-0.4, -0.2) is 26.9 Å². The van der Waals surface area contributed by atoms with E-state index in [1.807, 2.05) is 52.0 Å². The van der Waals surface area contributed by atoms with Gasteiger partial charge in [0.25, 0.3) is 10.0 Å². The minimum Gasteiger partial charge on any atom is -0.308 e. The molecule has 0 N–H and O–H groups in total. The summed E-state index contributed by atoms with van der Waals surface area (Å²) >= 11 is 3.45. The number of halogens is 1. The molecule has 1 aliphatic rings. The van der Waals surface area contributed by atoms with Crippen LogP contribution in [0.25, 0.3) is 0 Å². The number of benzene rings is 2. The van der Waals surface area contributed by atoms with Crippen molar-refractivity contribution in [1.29, 1.82) is 0 Å². The van der Waals surface area contributed by atoms with Gasteiger partial charge >= 0.3 is 0 Å². The first-order valence-electron chi connectivity index (χ1n) is 9.30. The van der Waals surface area contributed by atoms with E-state index in [2.05, 4.69) is 15.9 Å². The number of fused-ring (bicyclic) bond motifs is 1. The van der Waals surface area contributed by atoms with E-state index in [9.17, 15) is 13.2 Å². The lowest BCUT2D eigenvalue weighted by Crippen LogP contribution is -2.36. The zero-order valence-electron chi connectivity index (χ0n) is 16.8. The zero-order chi connectivity index (χ0) is 20.8. The molecule has 5 nitrogen and oxygen atoms in total. The number of hydrogen-bond acceptors (Lipinski definition) is 3. The third-order valence-electron chi connectivity index (χ3n) is 5.29. The molecule has 150 valence electrons. The molecule has 1 aliphatic heterocycles. The standard InChI is InChI=1S/C21H25BrN2O3S/c1-6-23(19-8-7-13(2)14(3)9-19)28(26,27)20-12-18(22)11-17-10-15(4)24(16(5)25)21(17)20/h7-9,11-12,15H,6,10H2,1-5H3/t15-/m1/s1. The summed E-state index contributed by atoms with van der Waals surface area (Å²) in [4.78, 5) is 14.0. The van der Waals surface area contributed by atoms with Crippen LogP contribution < -0.4 is 9.21 Å². The molecule has 1 atom stereocenters. The Morgan fingerprint density at radius 2 is 1.89 bits per heavy atom. The second-order valence-electron chi connectivity index (χ2n) is 7.29. The Hall–Kier alpha value is -1.86. The summed E-state index contributed by atoms with van der Waals surface area (Å²) in [5.41, 5.74) is 4.14.